The monoisotopic (exact) mass is 369 g/mol. The number of rotatable bonds is 6. The van der Waals surface area contributed by atoms with E-state index in [1.54, 1.807) is 32.9 Å². The maximum absolute atomic E-state index is 12.8. The van der Waals surface area contributed by atoms with Gasteiger partial charge in [0.05, 0.1) is 0 Å². The fraction of sp³-hybridized carbons (Fsp3) is 0.571. The Hall–Kier alpha value is -2.37. The van der Waals surface area contributed by atoms with Crippen molar-refractivity contribution in [3.05, 3.63) is 34.9 Å². The number of carbonyl (C=O) groups is 3. The Morgan fingerprint density at radius 3 is 1.11 bits per heavy atom. The third kappa shape index (κ3) is 3.33. The fourth-order valence-electron chi connectivity index (χ4n) is 3.83. The van der Waals surface area contributed by atoms with E-state index < -0.39 is 0 Å². The maximum atomic E-state index is 12.8. The van der Waals surface area contributed by atoms with Crippen molar-refractivity contribution in [3.63, 3.8) is 0 Å². The Morgan fingerprint density at radius 2 is 0.926 bits per heavy atom. The summed E-state index contributed by atoms with van der Waals surface area (Å²) in [5, 5.41) is 0. The van der Waals surface area contributed by atoms with Crippen LogP contribution in [0.2, 0.25) is 0 Å². The molecule has 0 saturated carbocycles. The lowest BCUT2D eigenvalue weighted by molar-refractivity contribution is 0.0873. The van der Waals surface area contributed by atoms with Crippen LogP contribution in [0.5, 0.6) is 0 Å². The van der Waals surface area contributed by atoms with E-state index in [0.717, 1.165) is 38.9 Å². The first-order valence-electron chi connectivity index (χ1n) is 10.1. The number of benzene rings is 1. The maximum Gasteiger partial charge on any atom is 0.254 e. The molecular weight excluding hydrogens is 342 g/mol. The average molecular weight is 369 g/mol. The second-order valence-electron chi connectivity index (χ2n) is 7.86. The minimum atomic E-state index is -0.0822. The molecule has 0 N–H and O–H groups in total. The van der Waals surface area contributed by atoms with E-state index >= 15 is 0 Å². The number of carbonyl (C=O) groups excluding carboxylic acids is 3. The van der Waals surface area contributed by atoms with Gasteiger partial charge in [0.2, 0.25) is 0 Å². The molecule has 144 valence electrons. The highest BCUT2D eigenvalue weighted by Gasteiger charge is 2.41. The predicted molar refractivity (Wildman–Crippen MR) is 102 cm³/mol. The normalized spacial score (nSPS) is 25.4. The second-order valence-corrected chi connectivity index (χ2v) is 7.86. The SMILES string of the molecule is CC[C@@H]1CN1C(=O)c1cc(C(=O)N2C[C@@H]2CC)cc(C(=O)N2C[C@@H]2CC)c1. The molecule has 27 heavy (non-hydrogen) atoms. The summed E-state index contributed by atoms with van der Waals surface area (Å²) >= 11 is 0. The third-order valence-electron chi connectivity index (χ3n) is 6.01. The molecule has 0 aliphatic carbocycles. The summed E-state index contributed by atoms with van der Waals surface area (Å²) < 4.78 is 0. The summed E-state index contributed by atoms with van der Waals surface area (Å²) in [7, 11) is 0. The highest BCUT2D eigenvalue weighted by Crippen LogP contribution is 2.29. The largest absolute Gasteiger partial charge is 0.332 e. The van der Waals surface area contributed by atoms with E-state index in [9.17, 15) is 14.4 Å². The van der Waals surface area contributed by atoms with Gasteiger partial charge in [-0.15, -0.1) is 0 Å². The van der Waals surface area contributed by atoms with Gasteiger partial charge in [0.25, 0.3) is 17.7 Å². The van der Waals surface area contributed by atoms with Crippen LogP contribution in [-0.4, -0.2) is 70.2 Å². The van der Waals surface area contributed by atoms with Crippen LogP contribution >= 0.6 is 0 Å². The van der Waals surface area contributed by atoms with Crippen molar-refractivity contribution >= 4 is 17.7 Å². The van der Waals surface area contributed by atoms with Gasteiger partial charge in [-0.2, -0.15) is 0 Å². The van der Waals surface area contributed by atoms with Gasteiger partial charge in [0, 0.05) is 54.5 Å². The molecule has 6 heteroatoms. The molecule has 6 nitrogen and oxygen atoms in total. The highest BCUT2D eigenvalue weighted by atomic mass is 16.2. The van der Waals surface area contributed by atoms with Gasteiger partial charge < -0.3 is 14.7 Å². The molecule has 1 aromatic carbocycles. The van der Waals surface area contributed by atoms with Crippen molar-refractivity contribution < 1.29 is 14.4 Å². The molecule has 0 bridgehead atoms. The molecular formula is C21H27N3O3. The zero-order valence-electron chi connectivity index (χ0n) is 16.3. The molecule has 1 aromatic rings. The van der Waals surface area contributed by atoms with E-state index in [2.05, 4.69) is 20.8 Å². The number of amides is 3. The molecule has 0 spiro atoms. The molecule has 3 saturated heterocycles. The molecule has 3 fully saturated rings. The molecule has 0 radical (unpaired) electrons. The van der Waals surface area contributed by atoms with Crippen molar-refractivity contribution in [2.45, 2.75) is 58.2 Å². The van der Waals surface area contributed by atoms with Gasteiger partial charge in [-0.1, -0.05) is 20.8 Å². The molecule has 3 aliphatic rings. The Bertz CT molecular complexity index is 689. The van der Waals surface area contributed by atoms with Gasteiger partial charge in [0.1, 0.15) is 0 Å². The van der Waals surface area contributed by atoms with E-state index in [1.807, 2.05) is 0 Å². The summed E-state index contributed by atoms with van der Waals surface area (Å²) in [4.78, 5) is 43.8. The summed E-state index contributed by atoms with van der Waals surface area (Å²) in [6.45, 7) is 8.44. The van der Waals surface area contributed by atoms with Gasteiger partial charge >= 0.3 is 0 Å². The fourth-order valence-corrected chi connectivity index (χ4v) is 3.83. The van der Waals surface area contributed by atoms with Crippen molar-refractivity contribution in [3.8, 4) is 0 Å². The molecule has 3 amide bonds. The number of nitrogens with zero attached hydrogens (tertiary/aromatic N) is 3. The van der Waals surface area contributed by atoms with Crippen molar-refractivity contribution in [2.24, 2.45) is 0 Å². The zero-order chi connectivity index (χ0) is 19.3. The first-order chi connectivity index (χ1) is 13.0. The summed E-state index contributed by atoms with van der Waals surface area (Å²) in [5.41, 5.74) is 1.35. The topological polar surface area (TPSA) is 60.2 Å². The van der Waals surface area contributed by atoms with Gasteiger partial charge in [-0.3, -0.25) is 14.4 Å². The second kappa shape index (κ2) is 6.66. The molecule has 3 atom stereocenters. The van der Waals surface area contributed by atoms with Crippen LogP contribution in [0.15, 0.2) is 18.2 Å². The standard InChI is InChI=1S/C21H27N3O3/c1-4-16-10-22(16)19(25)13-7-14(20(26)23-11-17(23)5-2)9-15(8-13)21(27)24-12-18(24)6-3/h7-9,16-18H,4-6,10-12H2,1-3H3/t16-,17-,18+,22?,23?,24?/m0/s1. The predicted octanol–water partition coefficient (Wildman–Crippen LogP) is 2.39. The first kappa shape index (κ1) is 18.0. The Morgan fingerprint density at radius 1 is 0.667 bits per heavy atom. The lowest BCUT2D eigenvalue weighted by atomic mass is 10.0. The molecule has 0 aromatic heterocycles. The van der Waals surface area contributed by atoms with Gasteiger partial charge in [0.15, 0.2) is 0 Å². The van der Waals surface area contributed by atoms with E-state index in [1.165, 1.54) is 0 Å². The number of hydrogen-bond donors (Lipinski definition) is 0. The molecule has 3 aliphatic heterocycles. The van der Waals surface area contributed by atoms with Gasteiger partial charge in [-0.25, -0.2) is 0 Å². The molecule has 3 heterocycles. The van der Waals surface area contributed by atoms with Crippen molar-refractivity contribution in [1.82, 2.24) is 14.7 Å². The molecule has 4 rings (SSSR count). The van der Waals surface area contributed by atoms with Crippen LogP contribution in [-0.2, 0) is 0 Å². The van der Waals surface area contributed by atoms with Crippen molar-refractivity contribution in [2.75, 3.05) is 19.6 Å². The van der Waals surface area contributed by atoms with Crippen LogP contribution in [0.4, 0.5) is 0 Å². The summed E-state index contributed by atoms with van der Waals surface area (Å²) in [6.07, 6.45) is 2.77. The number of hydrogen-bond acceptors (Lipinski definition) is 3. The smallest absolute Gasteiger partial charge is 0.254 e. The van der Waals surface area contributed by atoms with Crippen LogP contribution in [0, 0.1) is 0 Å². The van der Waals surface area contributed by atoms with E-state index in [-0.39, 0.29) is 35.8 Å². The lowest BCUT2D eigenvalue weighted by Crippen LogP contribution is -2.20. The van der Waals surface area contributed by atoms with Crippen LogP contribution in [0.1, 0.15) is 71.1 Å². The Kier molecular flexibility index (Phi) is 4.44. The van der Waals surface area contributed by atoms with Crippen LogP contribution < -0.4 is 0 Å². The van der Waals surface area contributed by atoms with Crippen molar-refractivity contribution in [1.29, 1.82) is 0 Å². The van der Waals surface area contributed by atoms with Gasteiger partial charge in [-0.05, 0) is 37.5 Å². The Balaban J connectivity index is 1.63. The third-order valence-corrected chi connectivity index (χ3v) is 6.01. The molecule has 0 unspecified atom stereocenters. The minimum Gasteiger partial charge on any atom is -0.332 e. The average Bonchev–Trinajstić information content (AvgIpc) is 3.57. The van der Waals surface area contributed by atoms with Crippen LogP contribution in [0.25, 0.3) is 0 Å². The lowest BCUT2D eigenvalue weighted by Gasteiger charge is -2.11. The zero-order valence-corrected chi connectivity index (χ0v) is 16.3. The Labute approximate surface area is 160 Å². The quantitative estimate of drug-likeness (QED) is 0.724. The summed E-state index contributed by atoms with van der Waals surface area (Å²) in [5.74, 6) is -0.247. The first-order valence-corrected chi connectivity index (χ1v) is 10.1. The summed E-state index contributed by atoms with van der Waals surface area (Å²) in [6, 6.07) is 5.84. The van der Waals surface area contributed by atoms with E-state index in [4.69, 9.17) is 0 Å². The highest BCUT2D eigenvalue weighted by molar-refractivity contribution is 6.06. The minimum absolute atomic E-state index is 0.0822. The van der Waals surface area contributed by atoms with E-state index in [0.29, 0.717) is 16.7 Å². The van der Waals surface area contributed by atoms with Crippen LogP contribution in [0.3, 0.4) is 0 Å².